The van der Waals surface area contributed by atoms with Gasteiger partial charge in [-0.15, -0.1) is 6.42 Å². The third-order valence-electron chi connectivity index (χ3n) is 2.60. The van der Waals surface area contributed by atoms with Crippen molar-refractivity contribution in [2.75, 3.05) is 5.73 Å². The number of aromatic nitrogens is 3. The molecule has 5 heteroatoms. The van der Waals surface area contributed by atoms with Gasteiger partial charge in [-0.25, -0.2) is 15.0 Å². The molecule has 0 radical (unpaired) electrons. The first-order valence-electron chi connectivity index (χ1n) is 5.90. The molecule has 0 bridgehead atoms. The van der Waals surface area contributed by atoms with Crippen LogP contribution in [0, 0.1) is 19.3 Å². The maximum atomic E-state index is 5.92. The van der Waals surface area contributed by atoms with Crippen LogP contribution in [0.2, 0.25) is 0 Å². The number of anilines is 1. The first kappa shape index (κ1) is 14.1. The van der Waals surface area contributed by atoms with E-state index in [-0.39, 0.29) is 0 Å². The van der Waals surface area contributed by atoms with Crippen LogP contribution in [0.25, 0.3) is 5.57 Å². The van der Waals surface area contributed by atoms with E-state index in [1.54, 1.807) is 19.3 Å². The fourth-order valence-corrected chi connectivity index (χ4v) is 2.59. The molecule has 0 spiro atoms. The van der Waals surface area contributed by atoms with Crippen LogP contribution in [0.4, 0.5) is 5.82 Å². The normalized spacial score (nSPS) is 10.1. The van der Waals surface area contributed by atoms with Crippen molar-refractivity contribution in [3.05, 3.63) is 42.1 Å². The van der Waals surface area contributed by atoms with Crippen molar-refractivity contribution >= 4 is 23.2 Å². The zero-order valence-electron chi connectivity index (χ0n) is 11.3. The summed E-state index contributed by atoms with van der Waals surface area (Å²) in [4.78, 5) is 14.2. The summed E-state index contributed by atoms with van der Waals surface area (Å²) in [6.45, 7) is 7.67. The average molecular weight is 282 g/mol. The van der Waals surface area contributed by atoms with Crippen LogP contribution in [0.5, 0.6) is 0 Å². The van der Waals surface area contributed by atoms with E-state index in [1.807, 2.05) is 13.0 Å². The Kier molecular flexibility index (Phi) is 4.06. The van der Waals surface area contributed by atoms with Crippen LogP contribution in [0.1, 0.15) is 24.0 Å². The average Bonchev–Trinajstić information content (AvgIpc) is 2.41. The minimum absolute atomic E-state index is 0.453. The Hall–Kier alpha value is -2.32. The molecular formula is C15H14N4S. The molecule has 0 aliphatic heterocycles. The van der Waals surface area contributed by atoms with Gasteiger partial charge in [-0.3, -0.25) is 0 Å². The monoisotopic (exact) mass is 282 g/mol. The molecule has 2 heterocycles. The summed E-state index contributed by atoms with van der Waals surface area (Å²) < 4.78 is 0. The predicted molar refractivity (Wildman–Crippen MR) is 82.2 cm³/mol. The number of terminal acetylenes is 1. The fourth-order valence-electron chi connectivity index (χ4n) is 1.59. The Morgan fingerprint density at radius 3 is 2.70 bits per heavy atom. The molecule has 0 saturated heterocycles. The lowest BCUT2D eigenvalue weighted by Gasteiger charge is -2.10. The van der Waals surface area contributed by atoms with Gasteiger partial charge in [0.05, 0.1) is 4.90 Å². The first-order valence-corrected chi connectivity index (χ1v) is 6.72. The number of allylic oxidation sites excluding steroid dienone is 1. The molecule has 2 aromatic rings. The molecule has 0 amide bonds. The van der Waals surface area contributed by atoms with Crippen LogP contribution in [-0.4, -0.2) is 15.0 Å². The van der Waals surface area contributed by atoms with E-state index in [0.29, 0.717) is 17.3 Å². The van der Waals surface area contributed by atoms with E-state index in [9.17, 15) is 0 Å². The highest BCUT2D eigenvalue weighted by Crippen LogP contribution is 2.35. The van der Waals surface area contributed by atoms with Gasteiger partial charge in [0.25, 0.3) is 0 Å². The number of hydrogen-bond donors (Lipinski definition) is 1. The van der Waals surface area contributed by atoms with Crippen molar-refractivity contribution in [3.63, 3.8) is 0 Å². The molecule has 20 heavy (non-hydrogen) atoms. The summed E-state index contributed by atoms with van der Waals surface area (Å²) in [6, 6.07) is 1.84. The van der Waals surface area contributed by atoms with Gasteiger partial charge in [-0.2, -0.15) is 0 Å². The van der Waals surface area contributed by atoms with Crippen LogP contribution in [-0.2, 0) is 0 Å². The summed E-state index contributed by atoms with van der Waals surface area (Å²) in [5.41, 5.74) is 8.34. The lowest BCUT2D eigenvalue weighted by molar-refractivity contribution is 1.02. The second-order valence-electron chi connectivity index (χ2n) is 4.26. The van der Waals surface area contributed by atoms with Gasteiger partial charge in [-0.05, 0) is 25.5 Å². The highest BCUT2D eigenvalue weighted by molar-refractivity contribution is 7.99. The maximum absolute atomic E-state index is 5.92. The second-order valence-corrected chi connectivity index (χ2v) is 5.34. The fraction of sp³-hybridized carbons (Fsp3) is 0.133. The number of aryl methyl sites for hydroxylation is 1. The van der Waals surface area contributed by atoms with E-state index >= 15 is 0 Å². The van der Waals surface area contributed by atoms with Crippen LogP contribution in [0.15, 0.2) is 34.8 Å². The number of hydrogen-bond acceptors (Lipinski definition) is 5. The van der Waals surface area contributed by atoms with Gasteiger partial charge in [0.1, 0.15) is 17.3 Å². The Morgan fingerprint density at radius 1 is 1.35 bits per heavy atom. The van der Waals surface area contributed by atoms with Gasteiger partial charge in [0, 0.05) is 22.9 Å². The first-order chi connectivity index (χ1) is 9.51. The quantitative estimate of drug-likeness (QED) is 0.877. The van der Waals surface area contributed by atoms with E-state index in [2.05, 4.69) is 27.5 Å². The number of pyridine rings is 1. The van der Waals surface area contributed by atoms with Crippen molar-refractivity contribution in [2.24, 2.45) is 0 Å². The van der Waals surface area contributed by atoms with Crippen molar-refractivity contribution < 1.29 is 0 Å². The topological polar surface area (TPSA) is 64.7 Å². The molecule has 2 N–H and O–H groups in total. The lowest BCUT2D eigenvalue weighted by atomic mass is 10.1. The predicted octanol–water partition coefficient (Wildman–Crippen LogP) is 2.93. The van der Waals surface area contributed by atoms with Crippen LogP contribution < -0.4 is 5.73 Å². The number of rotatable bonds is 3. The number of nitrogen functional groups attached to an aromatic ring is 1. The van der Waals surface area contributed by atoms with Gasteiger partial charge in [0.15, 0.2) is 0 Å². The molecule has 0 aliphatic rings. The Morgan fingerprint density at radius 2 is 2.10 bits per heavy atom. The van der Waals surface area contributed by atoms with Crippen molar-refractivity contribution in [1.82, 2.24) is 15.0 Å². The number of nitrogens with zero attached hydrogens (tertiary/aromatic N) is 3. The highest BCUT2D eigenvalue weighted by Gasteiger charge is 2.10. The molecule has 0 atom stereocenters. The highest BCUT2D eigenvalue weighted by atomic mass is 32.2. The third kappa shape index (κ3) is 2.98. The smallest absolute Gasteiger partial charge is 0.141 e. The van der Waals surface area contributed by atoms with Crippen molar-refractivity contribution in [3.8, 4) is 12.3 Å². The Bertz CT molecular complexity index is 716. The number of nitrogens with two attached hydrogens (primary N) is 1. The standard InChI is InChI=1S/C15H14N4S/c1-5-11-6-13(12(7-18-11)9(2)3)20-14-8-17-10(4)19-15(14)16/h1,6-8H,2H2,3-4H3,(H2,16,17,19). The SMILES string of the molecule is C#Cc1cc(Sc2cnc(C)nc2N)c(C(=C)C)cn1. The van der Waals surface area contributed by atoms with Crippen molar-refractivity contribution in [2.45, 2.75) is 23.6 Å². The molecule has 0 fully saturated rings. The minimum atomic E-state index is 0.453. The molecule has 100 valence electrons. The van der Waals surface area contributed by atoms with Crippen LogP contribution >= 0.6 is 11.8 Å². The summed E-state index contributed by atoms with van der Waals surface area (Å²) >= 11 is 1.46. The van der Waals surface area contributed by atoms with E-state index in [4.69, 9.17) is 12.2 Å². The van der Waals surface area contributed by atoms with Gasteiger partial charge in [0.2, 0.25) is 0 Å². The van der Waals surface area contributed by atoms with Crippen molar-refractivity contribution in [1.29, 1.82) is 0 Å². The zero-order chi connectivity index (χ0) is 14.7. The second kappa shape index (κ2) is 5.76. The van der Waals surface area contributed by atoms with E-state index < -0.39 is 0 Å². The summed E-state index contributed by atoms with van der Waals surface area (Å²) in [5.74, 6) is 3.62. The Balaban J connectivity index is 2.46. The van der Waals surface area contributed by atoms with Gasteiger partial charge < -0.3 is 5.73 Å². The molecule has 4 nitrogen and oxygen atoms in total. The molecule has 0 aromatic carbocycles. The third-order valence-corrected chi connectivity index (χ3v) is 3.69. The van der Waals surface area contributed by atoms with Crippen LogP contribution in [0.3, 0.4) is 0 Å². The molecule has 0 unspecified atom stereocenters. The summed E-state index contributed by atoms with van der Waals surface area (Å²) in [7, 11) is 0. The van der Waals surface area contributed by atoms with E-state index in [1.165, 1.54) is 11.8 Å². The van der Waals surface area contributed by atoms with E-state index in [0.717, 1.165) is 20.9 Å². The molecular weight excluding hydrogens is 268 g/mol. The molecule has 0 saturated carbocycles. The molecule has 0 aliphatic carbocycles. The largest absolute Gasteiger partial charge is 0.383 e. The van der Waals surface area contributed by atoms with Gasteiger partial charge in [-0.1, -0.05) is 24.3 Å². The molecule has 2 rings (SSSR count). The minimum Gasteiger partial charge on any atom is -0.383 e. The zero-order valence-corrected chi connectivity index (χ0v) is 12.2. The Labute approximate surface area is 122 Å². The molecule has 2 aromatic heterocycles. The van der Waals surface area contributed by atoms with Gasteiger partial charge >= 0.3 is 0 Å². The maximum Gasteiger partial charge on any atom is 0.141 e. The lowest BCUT2D eigenvalue weighted by Crippen LogP contribution is -1.98. The summed E-state index contributed by atoms with van der Waals surface area (Å²) in [5, 5.41) is 0. The summed E-state index contributed by atoms with van der Waals surface area (Å²) in [6.07, 6.45) is 8.83.